The third kappa shape index (κ3) is 5.05. The van der Waals surface area contributed by atoms with Gasteiger partial charge in [-0.15, -0.1) is 0 Å². The topological polar surface area (TPSA) is 66.5 Å². The number of carbonyl (C=O) groups is 1. The number of nitrogens with one attached hydrogen (secondary N) is 1. The van der Waals surface area contributed by atoms with Gasteiger partial charge in [0.15, 0.2) is 0 Å². The van der Waals surface area contributed by atoms with Crippen LogP contribution in [0, 0.1) is 19.7 Å². The van der Waals surface area contributed by atoms with Crippen LogP contribution in [0.5, 0.6) is 0 Å². The minimum Gasteiger partial charge on any atom is -0.348 e. The highest BCUT2D eigenvalue weighted by Crippen LogP contribution is 2.20. The van der Waals surface area contributed by atoms with Crippen molar-refractivity contribution in [3.05, 3.63) is 65.0 Å². The minimum absolute atomic E-state index is 0.113. The average Bonchev–Trinajstić information content (AvgIpc) is 2.53. The van der Waals surface area contributed by atoms with E-state index in [4.69, 9.17) is 0 Å². The van der Waals surface area contributed by atoms with Crippen LogP contribution >= 0.6 is 0 Å². The average molecular weight is 378 g/mol. The highest BCUT2D eigenvalue weighted by Gasteiger charge is 2.22. The van der Waals surface area contributed by atoms with Crippen molar-refractivity contribution in [2.45, 2.75) is 26.8 Å². The van der Waals surface area contributed by atoms with Crippen molar-refractivity contribution in [3.63, 3.8) is 0 Å². The summed E-state index contributed by atoms with van der Waals surface area (Å²) in [6.07, 6.45) is 0.985. The molecule has 0 unspecified atom stereocenters. The van der Waals surface area contributed by atoms with Gasteiger partial charge in [-0.05, 0) is 50.1 Å². The zero-order valence-corrected chi connectivity index (χ0v) is 16.1. The zero-order chi connectivity index (χ0) is 19.5. The van der Waals surface area contributed by atoms with Crippen LogP contribution in [0.4, 0.5) is 10.1 Å². The number of carbonyl (C=O) groups excluding carboxylic acids is 1. The highest BCUT2D eigenvalue weighted by molar-refractivity contribution is 7.92. The summed E-state index contributed by atoms with van der Waals surface area (Å²) in [4.78, 5) is 12.4. The van der Waals surface area contributed by atoms with E-state index in [1.54, 1.807) is 0 Å². The number of aryl methyl sites for hydroxylation is 2. The van der Waals surface area contributed by atoms with Crippen LogP contribution in [0.3, 0.4) is 0 Å². The molecule has 0 aromatic heterocycles. The molecule has 5 nitrogen and oxygen atoms in total. The van der Waals surface area contributed by atoms with Crippen molar-refractivity contribution < 1.29 is 17.6 Å². The van der Waals surface area contributed by atoms with Crippen LogP contribution in [0.15, 0.2) is 42.5 Å². The highest BCUT2D eigenvalue weighted by atomic mass is 32.2. The first-order valence-electron chi connectivity index (χ1n) is 8.17. The van der Waals surface area contributed by atoms with Gasteiger partial charge in [0, 0.05) is 0 Å². The molecule has 1 amide bonds. The molecule has 140 valence electrons. The molecular weight excluding hydrogens is 355 g/mol. The van der Waals surface area contributed by atoms with E-state index < -0.39 is 28.3 Å². The zero-order valence-electron chi connectivity index (χ0n) is 15.3. The summed E-state index contributed by atoms with van der Waals surface area (Å²) in [7, 11) is -3.74. The molecule has 0 bridgehead atoms. The molecule has 0 radical (unpaired) electrons. The molecule has 2 rings (SSSR count). The van der Waals surface area contributed by atoms with Gasteiger partial charge in [0.05, 0.1) is 18.0 Å². The Morgan fingerprint density at radius 2 is 1.88 bits per heavy atom. The predicted molar refractivity (Wildman–Crippen MR) is 101 cm³/mol. The SMILES string of the molecule is Cc1ccc(C)c([C@@H](C)NC(=O)CN(c2cccc(F)c2)S(C)(=O)=O)c1. The second kappa shape index (κ2) is 7.86. The third-order valence-electron chi connectivity index (χ3n) is 4.06. The van der Waals surface area contributed by atoms with Crippen LogP contribution in [0.2, 0.25) is 0 Å². The third-order valence-corrected chi connectivity index (χ3v) is 5.20. The first-order chi connectivity index (χ1) is 12.1. The van der Waals surface area contributed by atoms with E-state index in [0.717, 1.165) is 33.3 Å². The van der Waals surface area contributed by atoms with Gasteiger partial charge < -0.3 is 5.32 Å². The van der Waals surface area contributed by atoms with Crippen LogP contribution < -0.4 is 9.62 Å². The van der Waals surface area contributed by atoms with Crippen molar-refractivity contribution in [2.75, 3.05) is 17.1 Å². The van der Waals surface area contributed by atoms with E-state index in [1.807, 2.05) is 39.0 Å². The van der Waals surface area contributed by atoms with Crippen LogP contribution in [0.1, 0.15) is 29.7 Å². The summed E-state index contributed by atoms with van der Waals surface area (Å²) >= 11 is 0. The Morgan fingerprint density at radius 3 is 2.50 bits per heavy atom. The van der Waals surface area contributed by atoms with E-state index in [-0.39, 0.29) is 11.7 Å². The normalized spacial score (nSPS) is 12.5. The summed E-state index contributed by atoms with van der Waals surface area (Å²) in [6.45, 7) is 5.34. The van der Waals surface area contributed by atoms with Gasteiger partial charge in [0.25, 0.3) is 0 Å². The Balaban J connectivity index is 2.19. The molecule has 0 spiro atoms. The lowest BCUT2D eigenvalue weighted by Gasteiger charge is -2.24. The molecule has 0 saturated heterocycles. The monoisotopic (exact) mass is 378 g/mol. The van der Waals surface area contributed by atoms with Gasteiger partial charge in [-0.3, -0.25) is 9.10 Å². The molecule has 0 fully saturated rings. The van der Waals surface area contributed by atoms with Gasteiger partial charge in [-0.2, -0.15) is 0 Å². The fraction of sp³-hybridized carbons (Fsp3) is 0.316. The Labute approximate surface area is 153 Å². The van der Waals surface area contributed by atoms with Crippen LogP contribution in [0.25, 0.3) is 0 Å². The summed E-state index contributed by atoms with van der Waals surface area (Å²) in [6, 6.07) is 10.8. The van der Waals surface area contributed by atoms with E-state index in [0.29, 0.717) is 0 Å². The lowest BCUT2D eigenvalue weighted by molar-refractivity contribution is -0.120. The van der Waals surface area contributed by atoms with E-state index in [1.165, 1.54) is 18.2 Å². The van der Waals surface area contributed by atoms with Crippen LogP contribution in [-0.2, 0) is 14.8 Å². The second-order valence-corrected chi connectivity index (χ2v) is 8.31. The number of anilines is 1. The maximum atomic E-state index is 13.4. The molecule has 0 heterocycles. The number of halogens is 1. The minimum atomic E-state index is -3.74. The number of benzene rings is 2. The Hall–Kier alpha value is -2.41. The maximum Gasteiger partial charge on any atom is 0.241 e. The second-order valence-electron chi connectivity index (χ2n) is 6.40. The molecule has 7 heteroatoms. The Morgan fingerprint density at radius 1 is 1.19 bits per heavy atom. The molecule has 2 aromatic carbocycles. The summed E-state index contributed by atoms with van der Waals surface area (Å²) in [5, 5.41) is 2.81. The molecule has 26 heavy (non-hydrogen) atoms. The fourth-order valence-electron chi connectivity index (χ4n) is 2.75. The largest absolute Gasteiger partial charge is 0.348 e. The first kappa shape index (κ1) is 19.9. The number of hydrogen-bond donors (Lipinski definition) is 1. The standard InChI is InChI=1S/C19H23FN2O3S/c1-13-8-9-14(2)18(10-13)15(3)21-19(23)12-22(26(4,24)25)17-7-5-6-16(20)11-17/h5-11,15H,12H2,1-4H3,(H,21,23)/t15-/m1/s1. The summed E-state index contributed by atoms with van der Waals surface area (Å²) in [5.74, 6) is -1.03. The van der Waals surface area contributed by atoms with Crippen molar-refractivity contribution in [1.82, 2.24) is 5.32 Å². The first-order valence-corrected chi connectivity index (χ1v) is 10.0. The van der Waals surface area contributed by atoms with Crippen molar-refractivity contribution in [2.24, 2.45) is 0 Å². The van der Waals surface area contributed by atoms with Crippen molar-refractivity contribution in [1.29, 1.82) is 0 Å². The molecular formula is C19H23FN2O3S. The van der Waals surface area contributed by atoms with Crippen LogP contribution in [-0.4, -0.2) is 27.1 Å². The molecule has 0 aliphatic rings. The summed E-state index contributed by atoms with van der Waals surface area (Å²) in [5.41, 5.74) is 3.19. The van der Waals surface area contributed by atoms with E-state index >= 15 is 0 Å². The lowest BCUT2D eigenvalue weighted by Crippen LogP contribution is -2.41. The molecule has 0 aliphatic heterocycles. The molecule has 2 aromatic rings. The van der Waals surface area contributed by atoms with E-state index in [9.17, 15) is 17.6 Å². The fourth-order valence-corrected chi connectivity index (χ4v) is 3.60. The smallest absolute Gasteiger partial charge is 0.241 e. The Bertz CT molecular complexity index is 913. The van der Waals surface area contributed by atoms with E-state index in [2.05, 4.69) is 5.32 Å². The quantitative estimate of drug-likeness (QED) is 0.840. The molecule has 1 atom stereocenters. The van der Waals surface area contributed by atoms with Gasteiger partial charge in [-0.25, -0.2) is 12.8 Å². The number of amides is 1. The van der Waals surface area contributed by atoms with Gasteiger partial charge in [-0.1, -0.05) is 29.8 Å². The van der Waals surface area contributed by atoms with Gasteiger partial charge in [0.2, 0.25) is 15.9 Å². The number of sulfonamides is 1. The van der Waals surface area contributed by atoms with Crippen molar-refractivity contribution in [3.8, 4) is 0 Å². The Kier molecular flexibility index (Phi) is 6.02. The number of hydrogen-bond acceptors (Lipinski definition) is 3. The number of nitrogens with zero attached hydrogens (tertiary/aromatic N) is 1. The molecule has 0 saturated carbocycles. The molecule has 1 N–H and O–H groups in total. The summed E-state index contributed by atoms with van der Waals surface area (Å²) < 4.78 is 38.4. The maximum absolute atomic E-state index is 13.4. The van der Waals surface area contributed by atoms with Gasteiger partial charge in [0.1, 0.15) is 12.4 Å². The van der Waals surface area contributed by atoms with Crippen molar-refractivity contribution >= 4 is 21.6 Å². The number of rotatable bonds is 6. The van der Waals surface area contributed by atoms with Gasteiger partial charge >= 0.3 is 0 Å². The lowest BCUT2D eigenvalue weighted by atomic mass is 10.00. The predicted octanol–water partition coefficient (Wildman–Crippen LogP) is 3.09. The molecule has 0 aliphatic carbocycles.